The first-order valence-corrected chi connectivity index (χ1v) is 8.19. The van der Waals surface area contributed by atoms with Gasteiger partial charge in [-0.05, 0) is 13.8 Å². The number of sulfonamides is 1. The van der Waals surface area contributed by atoms with Crippen molar-refractivity contribution >= 4 is 10.0 Å². The third-order valence-electron chi connectivity index (χ3n) is 4.05. The topological polar surface area (TPSA) is 75.9 Å². The van der Waals surface area contributed by atoms with E-state index in [0.717, 1.165) is 6.54 Å². The maximum Gasteiger partial charge on any atom is 0.248 e. The lowest BCUT2D eigenvalue weighted by Gasteiger charge is -2.46. The molecule has 112 valence electrons. The number of nitrogens with zero attached hydrogens (tertiary/aromatic N) is 3. The van der Waals surface area contributed by atoms with Crippen molar-refractivity contribution in [3.05, 3.63) is 12.0 Å². The predicted molar refractivity (Wildman–Crippen MR) is 70.8 cm³/mol. The van der Waals surface area contributed by atoms with Crippen molar-refractivity contribution in [3.63, 3.8) is 0 Å². The van der Waals surface area contributed by atoms with Crippen LogP contribution in [0.4, 0.5) is 0 Å². The highest BCUT2D eigenvalue weighted by atomic mass is 32.2. The number of hydrogen-bond donors (Lipinski definition) is 0. The van der Waals surface area contributed by atoms with Crippen molar-refractivity contribution in [2.45, 2.75) is 30.8 Å². The molecule has 8 heteroatoms. The molecule has 20 heavy (non-hydrogen) atoms. The molecule has 2 aliphatic heterocycles. The molecule has 2 aliphatic rings. The molecule has 0 radical (unpaired) electrons. The van der Waals surface area contributed by atoms with E-state index in [9.17, 15) is 8.42 Å². The van der Waals surface area contributed by atoms with Gasteiger partial charge in [0.25, 0.3) is 0 Å². The number of ether oxygens (including phenoxy) is 1. The second-order valence-electron chi connectivity index (χ2n) is 5.39. The Morgan fingerprint density at radius 2 is 2.15 bits per heavy atom. The van der Waals surface area contributed by atoms with Gasteiger partial charge < -0.3 is 9.26 Å². The highest BCUT2D eigenvalue weighted by Gasteiger charge is 2.39. The van der Waals surface area contributed by atoms with Crippen molar-refractivity contribution in [3.8, 4) is 0 Å². The van der Waals surface area contributed by atoms with Crippen molar-refractivity contribution in [2.75, 3.05) is 32.8 Å². The Morgan fingerprint density at radius 1 is 1.35 bits per heavy atom. The van der Waals surface area contributed by atoms with E-state index >= 15 is 0 Å². The van der Waals surface area contributed by atoms with Gasteiger partial charge in [-0.25, -0.2) is 8.42 Å². The highest BCUT2D eigenvalue weighted by molar-refractivity contribution is 7.89. The van der Waals surface area contributed by atoms with E-state index in [0.29, 0.717) is 38.1 Å². The third-order valence-corrected chi connectivity index (χ3v) is 6.01. The Hall–Kier alpha value is -0.960. The normalized spacial score (nSPS) is 29.3. The number of aromatic nitrogens is 1. The van der Waals surface area contributed by atoms with Gasteiger partial charge in [-0.3, -0.25) is 4.90 Å². The lowest BCUT2D eigenvalue weighted by Crippen LogP contribution is -2.61. The standard InChI is InChI=1S/C12H19N3O4S/c1-9-7-18-8-11-6-14(3-4-15(9)11)20(16,17)12-5-13-19-10(12)2/h5,9,11H,3-4,6-8H2,1-2H3/t9-,11+/m0/s1. The Bertz CT molecular complexity index is 585. The first-order valence-electron chi connectivity index (χ1n) is 6.75. The van der Waals surface area contributed by atoms with Gasteiger partial charge in [0.15, 0.2) is 5.76 Å². The first kappa shape index (κ1) is 14.0. The van der Waals surface area contributed by atoms with Crippen molar-refractivity contribution < 1.29 is 17.7 Å². The second-order valence-corrected chi connectivity index (χ2v) is 7.29. The molecule has 2 atom stereocenters. The van der Waals surface area contributed by atoms with E-state index in [1.165, 1.54) is 10.5 Å². The quantitative estimate of drug-likeness (QED) is 0.770. The Balaban J connectivity index is 1.81. The fourth-order valence-corrected chi connectivity index (χ4v) is 4.48. The monoisotopic (exact) mass is 301 g/mol. The van der Waals surface area contributed by atoms with Gasteiger partial charge in [0.2, 0.25) is 10.0 Å². The van der Waals surface area contributed by atoms with Crippen LogP contribution in [0.25, 0.3) is 0 Å². The molecule has 2 saturated heterocycles. The van der Waals surface area contributed by atoms with Gasteiger partial charge in [0.05, 0.1) is 19.4 Å². The SMILES string of the molecule is Cc1oncc1S(=O)(=O)N1CCN2[C@@H](COC[C@@H]2C)C1. The van der Waals surface area contributed by atoms with Crippen LogP contribution in [0.2, 0.25) is 0 Å². The molecule has 1 aromatic rings. The van der Waals surface area contributed by atoms with Gasteiger partial charge in [0, 0.05) is 31.7 Å². The third kappa shape index (κ3) is 2.26. The minimum Gasteiger partial charge on any atom is -0.378 e. The van der Waals surface area contributed by atoms with Crippen LogP contribution in [-0.4, -0.2) is 67.7 Å². The van der Waals surface area contributed by atoms with Crippen LogP contribution < -0.4 is 0 Å². The number of fused-ring (bicyclic) bond motifs is 1. The summed E-state index contributed by atoms with van der Waals surface area (Å²) in [6.45, 7) is 6.71. The zero-order valence-corrected chi connectivity index (χ0v) is 12.5. The number of piperazine rings is 1. The van der Waals surface area contributed by atoms with Gasteiger partial charge >= 0.3 is 0 Å². The molecule has 0 spiro atoms. The average molecular weight is 301 g/mol. The van der Waals surface area contributed by atoms with E-state index < -0.39 is 10.0 Å². The largest absolute Gasteiger partial charge is 0.378 e. The Labute approximate surface area is 118 Å². The molecule has 0 unspecified atom stereocenters. The van der Waals surface area contributed by atoms with E-state index in [1.807, 2.05) is 0 Å². The second kappa shape index (κ2) is 5.10. The van der Waals surface area contributed by atoms with Gasteiger partial charge in [-0.2, -0.15) is 4.31 Å². The van der Waals surface area contributed by atoms with Crippen molar-refractivity contribution in [1.82, 2.24) is 14.4 Å². The summed E-state index contributed by atoms with van der Waals surface area (Å²) in [5.41, 5.74) is 0. The molecule has 0 saturated carbocycles. The molecule has 0 amide bonds. The molecule has 3 heterocycles. The van der Waals surface area contributed by atoms with Crippen LogP contribution in [0, 0.1) is 6.92 Å². The maximum atomic E-state index is 12.6. The molecule has 0 aliphatic carbocycles. The number of rotatable bonds is 2. The fourth-order valence-electron chi connectivity index (χ4n) is 2.93. The molecule has 7 nitrogen and oxygen atoms in total. The highest BCUT2D eigenvalue weighted by Crippen LogP contribution is 2.25. The number of hydrogen-bond acceptors (Lipinski definition) is 6. The van der Waals surface area contributed by atoms with E-state index in [4.69, 9.17) is 9.26 Å². The molecule has 1 aromatic heterocycles. The van der Waals surface area contributed by atoms with Gasteiger partial charge in [0.1, 0.15) is 4.90 Å². The molecule has 0 N–H and O–H groups in total. The minimum atomic E-state index is -3.52. The minimum absolute atomic E-state index is 0.127. The Morgan fingerprint density at radius 3 is 2.85 bits per heavy atom. The van der Waals surface area contributed by atoms with Crippen LogP contribution in [0.1, 0.15) is 12.7 Å². The Kier molecular flexibility index (Phi) is 3.57. The molecular formula is C12H19N3O4S. The van der Waals surface area contributed by atoms with Crippen LogP contribution in [0.5, 0.6) is 0 Å². The van der Waals surface area contributed by atoms with Gasteiger partial charge in [-0.1, -0.05) is 5.16 Å². The summed E-state index contributed by atoms with van der Waals surface area (Å²) in [4.78, 5) is 2.49. The molecule has 0 aromatic carbocycles. The zero-order chi connectivity index (χ0) is 14.3. The predicted octanol–water partition coefficient (Wildman–Crippen LogP) is 0.0766. The summed E-state index contributed by atoms with van der Waals surface area (Å²) in [6.07, 6.45) is 1.27. The van der Waals surface area contributed by atoms with Crippen LogP contribution in [0.15, 0.2) is 15.6 Å². The molecule has 3 rings (SSSR count). The van der Waals surface area contributed by atoms with Crippen LogP contribution in [0.3, 0.4) is 0 Å². The number of aryl methyl sites for hydroxylation is 1. The fraction of sp³-hybridized carbons (Fsp3) is 0.750. The van der Waals surface area contributed by atoms with Crippen LogP contribution >= 0.6 is 0 Å². The van der Waals surface area contributed by atoms with E-state index in [1.54, 1.807) is 6.92 Å². The van der Waals surface area contributed by atoms with Crippen LogP contribution in [-0.2, 0) is 14.8 Å². The smallest absolute Gasteiger partial charge is 0.248 e. The summed E-state index contributed by atoms with van der Waals surface area (Å²) in [7, 11) is -3.52. The van der Waals surface area contributed by atoms with Crippen molar-refractivity contribution in [2.24, 2.45) is 0 Å². The molecule has 2 fully saturated rings. The van der Waals surface area contributed by atoms with E-state index in [2.05, 4.69) is 17.0 Å². The summed E-state index contributed by atoms with van der Waals surface area (Å²) >= 11 is 0. The average Bonchev–Trinajstić information content (AvgIpc) is 2.85. The lowest BCUT2D eigenvalue weighted by molar-refractivity contribution is -0.0634. The van der Waals surface area contributed by atoms with Crippen molar-refractivity contribution in [1.29, 1.82) is 0 Å². The molecular weight excluding hydrogens is 282 g/mol. The lowest BCUT2D eigenvalue weighted by atomic mass is 10.1. The zero-order valence-electron chi connectivity index (χ0n) is 11.7. The molecule has 0 bridgehead atoms. The first-order chi connectivity index (χ1) is 9.50. The summed E-state index contributed by atoms with van der Waals surface area (Å²) < 4.78 is 37.1. The summed E-state index contributed by atoms with van der Waals surface area (Å²) in [5.74, 6) is 0.334. The summed E-state index contributed by atoms with van der Waals surface area (Å²) in [5, 5.41) is 3.56. The van der Waals surface area contributed by atoms with Gasteiger partial charge in [-0.15, -0.1) is 0 Å². The summed E-state index contributed by atoms with van der Waals surface area (Å²) in [6, 6.07) is 0.471. The number of morpholine rings is 1. The van der Waals surface area contributed by atoms with E-state index in [-0.39, 0.29) is 10.9 Å². The maximum absolute atomic E-state index is 12.6.